The number of para-hydroxylation sites is 2. The average Bonchev–Trinajstić information content (AvgIpc) is 2.73. The Morgan fingerprint density at radius 1 is 1.16 bits per heavy atom. The van der Waals surface area contributed by atoms with E-state index in [0.29, 0.717) is 6.54 Å². The fourth-order valence-electron chi connectivity index (χ4n) is 4.03. The van der Waals surface area contributed by atoms with E-state index in [1.54, 1.807) is 7.11 Å². The smallest absolute Gasteiger partial charge is 0.319 e. The zero-order chi connectivity index (χ0) is 22.4. The number of benzene rings is 2. The number of carbonyl (C=O) groups excluding carboxylic acids is 1. The van der Waals surface area contributed by atoms with Gasteiger partial charge in [0.25, 0.3) is 0 Å². The number of urea groups is 1. The number of amides is 2. The maximum absolute atomic E-state index is 12.7. The van der Waals surface area contributed by atoms with Crippen molar-refractivity contribution in [3.8, 4) is 5.75 Å². The molecule has 3 atom stereocenters. The number of hydrogen-bond acceptors (Lipinski definition) is 5. The minimum absolute atomic E-state index is 0.0250. The van der Waals surface area contributed by atoms with Gasteiger partial charge in [-0.05, 0) is 57.8 Å². The number of likely N-dealkylation sites (N-methyl/N-ethyl adjacent to an activating group) is 1. The Kier molecular flexibility index (Phi) is 7.76. The van der Waals surface area contributed by atoms with Gasteiger partial charge in [-0.1, -0.05) is 24.3 Å². The Morgan fingerprint density at radius 3 is 2.55 bits per heavy atom. The van der Waals surface area contributed by atoms with Crippen LogP contribution in [0.25, 0.3) is 0 Å². The molecule has 2 amide bonds. The van der Waals surface area contributed by atoms with Crippen LogP contribution >= 0.6 is 0 Å². The van der Waals surface area contributed by atoms with E-state index in [1.807, 2.05) is 62.6 Å². The zero-order valence-corrected chi connectivity index (χ0v) is 19.1. The molecule has 3 unspecified atom stereocenters. The zero-order valence-electron chi connectivity index (χ0n) is 19.1. The normalized spacial score (nSPS) is 19.7. The number of morpholine rings is 1. The van der Waals surface area contributed by atoms with Crippen molar-refractivity contribution in [1.29, 1.82) is 0 Å². The summed E-state index contributed by atoms with van der Waals surface area (Å²) in [7, 11) is 5.66. The van der Waals surface area contributed by atoms with Crippen LogP contribution in [0, 0.1) is 0 Å². The molecule has 31 heavy (non-hydrogen) atoms. The van der Waals surface area contributed by atoms with Crippen molar-refractivity contribution in [1.82, 2.24) is 10.2 Å². The van der Waals surface area contributed by atoms with E-state index >= 15 is 0 Å². The molecule has 2 aromatic rings. The molecule has 0 saturated carbocycles. The predicted octanol–water partition coefficient (Wildman–Crippen LogP) is 3.73. The number of rotatable bonds is 7. The highest BCUT2D eigenvalue weighted by molar-refractivity contribution is 5.93. The highest BCUT2D eigenvalue weighted by Crippen LogP contribution is 2.28. The summed E-state index contributed by atoms with van der Waals surface area (Å²) in [5, 5.41) is 6.05. The van der Waals surface area contributed by atoms with Gasteiger partial charge in [0.05, 0.1) is 36.7 Å². The van der Waals surface area contributed by atoms with Crippen molar-refractivity contribution in [3.05, 3.63) is 54.1 Å². The van der Waals surface area contributed by atoms with Gasteiger partial charge in [0.15, 0.2) is 0 Å². The van der Waals surface area contributed by atoms with Gasteiger partial charge in [-0.3, -0.25) is 0 Å². The second-order valence-corrected chi connectivity index (χ2v) is 8.27. The molecule has 1 fully saturated rings. The van der Waals surface area contributed by atoms with Crippen LogP contribution in [-0.4, -0.2) is 64.0 Å². The van der Waals surface area contributed by atoms with E-state index in [0.717, 1.165) is 35.8 Å². The van der Waals surface area contributed by atoms with E-state index < -0.39 is 0 Å². The lowest BCUT2D eigenvalue weighted by atomic mass is 10.1. The van der Waals surface area contributed by atoms with Crippen LogP contribution in [0.5, 0.6) is 5.75 Å². The Balaban J connectivity index is 1.66. The molecule has 2 N–H and O–H groups in total. The molecular weight excluding hydrogens is 392 g/mol. The van der Waals surface area contributed by atoms with Crippen LogP contribution in [-0.2, 0) is 4.74 Å². The summed E-state index contributed by atoms with van der Waals surface area (Å²) in [5.74, 6) is 0.802. The number of nitrogens with one attached hydrogen (secondary N) is 2. The number of anilines is 2. The van der Waals surface area contributed by atoms with Crippen LogP contribution < -0.4 is 20.3 Å². The van der Waals surface area contributed by atoms with Gasteiger partial charge in [0.1, 0.15) is 5.75 Å². The SMILES string of the molecule is COc1cccc(C(CNC(=O)Nc2ccccc2N2CC(C)OC(C)C2)N(C)C)c1. The molecule has 0 radical (unpaired) electrons. The van der Waals surface area contributed by atoms with Gasteiger partial charge in [-0.25, -0.2) is 4.79 Å². The first kappa shape index (κ1) is 22.9. The first-order chi connectivity index (χ1) is 14.9. The second-order valence-electron chi connectivity index (χ2n) is 8.27. The van der Waals surface area contributed by atoms with Gasteiger partial charge in [-0.15, -0.1) is 0 Å². The summed E-state index contributed by atoms with van der Waals surface area (Å²) in [6, 6.07) is 15.6. The highest BCUT2D eigenvalue weighted by atomic mass is 16.5. The summed E-state index contributed by atoms with van der Waals surface area (Å²) < 4.78 is 11.2. The molecule has 0 spiro atoms. The quantitative estimate of drug-likeness (QED) is 0.706. The number of methoxy groups -OCH3 is 1. The molecule has 1 heterocycles. The third kappa shape index (κ3) is 6.12. The molecule has 0 aromatic heterocycles. The Hall–Kier alpha value is -2.77. The van der Waals surface area contributed by atoms with Crippen molar-refractivity contribution in [2.45, 2.75) is 32.1 Å². The van der Waals surface area contributed by atoms with E-state index in [9.17, 15) is 4.79 Å². The number of ether oxygens (including phenoxy) is 2. The van der Waals surface area contributed by atoms with E-state index in [1.165, 1.54) is 0 Å². The number of nitrogens with zero attached hydrogens (tertiary/aromatic N) is 2. The van der Waals surface area contributed by atoms with Gasteiger partial charge < -0.3 is 29.9 Å². The van der Waals surface area contributed by atoms with Crippen LogP contribution in [0.4, 0.5) is 16.2 Å². The Labute approximate surface area is 185 Å². The average molecular weight is 427 g/mol. The van der Waals surface area contributed by atoms with Crippen LogP contribution in [0.1, 0.15) is 25.5 Å². The van der Waals surface area contributed by atoms with Gasteiger partial charge in [0.2, 0.25) is 0 Å². The highest BCUT2D eigenvalue weighted by Gasteiger charge is 2.24. The molecule has 2 aromatic carbocycles. The van der Waals surface area contributed by atoms with Gasteiger partial charge >= 0.3 is 6.03 Å². The second kappa shape index (κ2) is 10.5. The standard InChI is InChI=1S/C24H34N4O3/c1-17-15-28(16-18(2)31-17)22-12-7-6-11-21(22)26-24(29)25-14-23(27(3)4)19-9-8-10-20(13-19)30-5/h6-13,17-18,23H,14-16H2,1-5H3,(H2,25,26,29). The lowest BCUT2D eigenvalue weighted by Crippen LogP contribution is -2.46. The lowest BCUT2D eigenvalue weighted by Gasteiger charge is -2.37. The van der Waals surface area contributed by atoms with Crippen LogP contribution in [0.3, 0.4) is 0 Å². The maximum atomic E-state index is 12.7. The third-order valence-electron chi connectivity index (χ3n) is 5.47. The van der Waals surface area contributed by atoms with Gasteiger partial charge in [0, 0.05) is 19.6 Å². The molecule has 7 nitrogen and oxygen atoms in total. The fourth-order valence-corrected chi connectivity index (χ4v) is 4.03. The Morgan fingerprint density at radius 2 is 1.87 bits per heavy atom. The first-order valence-corrected chi connectivity index (χ1v) is 10.7. The largest absolute Gasteiger partial charge is 0.497 e. The van der Waals surface area contributed by atoms with Crippen molar-refractivity contribution >= 4 is 17.4 Å². The minimum Gasteiger partial charge on any atom is -0.497 e. The summed E-state index contributed by atoms with van der Waals surface area (Å²) >= 11 is 0. The minimum atomic E-state index is -0.225. The summed E-state index contributed by atoms with van der Waals surface area (Å²) in [6.07, 6.45) is 0.295. The molecule has 0 bridgehead atoms. The lowest BCUT2D eigenvalue weighted by molar-refractivity contribution is -0.00517. The number of hydrogen-bond donors (Lipinski definition) is 2. The third-order valence-corrected chi connectivity index (χ3v) is 5.47. The van der Waals surface area contributed by atoms with E-state index in [-0.39, 0.29) is 24.3 Å². The van der Waals surface area contributed by atoms with Crippen molar-refractivity contribution < 1.29 is 14.3 Å². The molecule has 1 saturated heterocycles. The molecule has 1 aliphatic heterocycles. The summed E-state index contributed by atoms with van der Waals surface area (Å²) in [4.78, 5) is 17.1. The number of carbonyl (C=O) groups is 1. The molecule has 7 heteroatoms. The first-order valence-electron chi connectivity index (χ1n) is 10.7. The molecular formula is C24H34N4O3. The van der Waals surface area contributed by atoms with Gasteiger partial charge in [-0.2, -0.15) is 0 Å². The molecule has 0 aliphatic carbocycles. The molecule has 1 aliphatic rings. The van der Waals surface area contributed by atoms with Crippen molar-refractivity contribution in [3.63, 3.8) is 0 Å². The van der Waals surface area contributed by atoms with Crippen molar-refractivity contribution in [2.75, 3.05) is 51.1 Å². The van der Waals surface area contributed by atoms with E-state index in [4.69, 9.17) is 9.47 Å². The maximum Gasteiger partial charge on any atom is 0.319 e. The van der Waals surface area contributed by atoms with Crippen LogP contribution in [0.2, 0.25) is 0 Å². The predicted molar refractivity (Wildman–Crippen MR) is 125 cm³/mol. The van der Waals surface area contributed by atoms with Crippen LogP contribution in [0.15, 0.2) is 48.5 Å². The monoisotopic (exact) mass is 426 g/mol. The Bertz CT molecular complexity index is 863. The summed E-state index contributed by atoms with van der Waals surface area (Å²) in [6.45, 7) is 6.21. The van der Waals surface area contributed by atoms with Crippen molar-refractivity contribution in [2.24, 2.45) is 0 Å². The molecule has 168 valence electrons. The fraction of sp³-hybridized carbons (Fsp3) is 0.458. The van der Waals surface area contributed by atoms with E-state index in [2.05, 4.69) is 34.3 Å². The topological polar surface area (TPSA) is 66.1 Å². The molecule has 3 rings (SSSR count). The summed E-state index contributed by atoms with van der Waals surface area (Å²) in [5.41, 5.74) is 2.89.